The third-order valence-corrected chi connectivity index (χ3v) is 5.81. The number of amides is 1. The maximum absolute atomic E-state index is 11.7. The summed E-state index contributed by atoms with van der Waals surface area (Å²) in [5.41, 5.74) is 7.23. The largest absolute Gasteiger partial charge is 0.492 e. The standard InChI is InChI=1S/C23H31N5O3/c24-22(29)21-5-2-6-25-23(21)28-9-7-27(8-10-28)18-19-3-1-4-20(17-19)31-16-13-26-11-14-30-15-12-26/h1-6,17H,7-16,18H2,(H2,24,29). The van der Waals surface area contributed by atoms with E-state index in [0.29, 0.717) is 18.0 Å². The van der Waals surface area contributed by atoms with E-state index in [9.17, 15) is 4.79 Å². The molecule has 1 amide bonds. The van der Waals surface area contributed by atoms with Crippen LogP contribution < -0.4 is 15.4 Å². The lowest BCUT2D eigenvalue weighted by Gasteiger charge is -2.36. The van der Waals surface area contributed by atoms with E-state index in [1.807, 2.05) is 6.07 Å². The molecule has 1 aromatic carbocycles. The summed E-state index contributed by atoms with van der Waals surface area (Å²) in [7, 11) is 0. The van der Waals surface area contributed by atoms with Crippen LogP contribution in [0.4, 0.5) is 5.82 Å². The molecule has 2 fully saturated rings. The highest BCUT2D eigenvalue weighted by molar-refractivity contribution is 5.97. The monoisotopic (exact) mass is 425 g/mol. The number of morpholine rings is 1. The Bertz CT molecular complexity index is 864. The fourth-order valence-electron chi connectivity index (χ4n) is 4.07. The Kier molecular flexibility index (Phi) is 7.35. The first-order chi connectivity index (χ1) is 15.2. The van der Waals surface area contributed by atoms with Crippen LogP contribution >= 0.6 is 0 Å². The highest BCUT2D eigenvalue weighted by atomic mass is 16.5. The lowest BCUT2D eigenvalue weighted by Crippen LogP contribution is -2.46. The van der Waals surface area contributed by atoms with Gasteiger partial charge in [0.2, 0.25) is 0 Å². The number of carbonyl (C=O) groups excluding carboxylic acids is 1. The van der Waals surface area contributed by atoms with E-state index in [1.165, 1.54) is 5.56 Å². The summed E-state index contributed by atoms with van der Waals surface area (Å²) in [6, 6.07) is 11.8. The van der Waals surface area contributed by atoms with Crippen molar-refractivity contribution in [2.24, 2.45) is 5.73 Å². The maximum Gasteiger partial charge on any atom is 0.252 e. The van der Waals surface area contributed by atoms with Crippen molar-refractivity contribution < 1.29 is 14.3 Å². The molecule has 31 heavy (non-hydrogen) atoms. The lowest BCUT2D eigenvalue weighted by molar-refractivity contribution is 0.0322. The summed E-state index contributed by atoms with van der Waals surface area (Å²) in [4.78, 5) is 23.0. The van der Waals surface area contributed by atoms with Crippen LogP contribution in [-0.4, -0.2) is 86.3 Å². The molecule has 8 heteroatoms. The number of anilines is 1. The molecule has 4 rings (SSSR count). The molecule has 2 N–H and O–H groups in total. The number of hydrogen-bond acceptors (Lipinski definition) is 7. The summed E-state index contributed by atoms with van der Waals surface area (Å²) in [5, 5.41) is 0. The Hall–Kier alpha value is -2.68. The van der Waals surface area contributed by atoms with E-state index in [2.05, 4.69) is 37.9 Å². The molecule has 2 aliphatic heterocycles. The molecule has 0 aliphatic carbocycles. The summed E-state index contributed by atoms with van der Waals surface area (Å²) >= 11 is 0. The molecule has 0 unspecified atom stereocenters. The summed E-state index contributed by atoms with van der Waals surface area (Å²) < 4.78 is 11.4. The number of carbonyl (C=O) groups is 1. The topological polar surface area (TPSA) is 84.2 Å². The molecule has 0 atom stereocenters. The average Bonchev–Trinajstić information content (AvgIpc) is 2.81. The van der Waals surface area contributed by atoms with Gasteiger partial charge in [-0.1, -0.05) is 12.1 Å². The highest BCUT2D eigenvalue weighted by Gasteiger charge is 2.21. The second-order valence-electron chi connectivity index (χ2n) is 7.95. The fraction of sp³-hybridized carbons (Fsp3) is 0.478. The first-order valence-electron chi connectivity index (χ1n) is 10.9. The minimum atomic E-state index is -0.434. The molecule has 0 bridgehead atoms. The van der Waals surface area contributed by atoms with Crippen LogP contribution in [0, 0.1) is 0 Å². The number of aromatic nitrogens is 1. The van der Waals surface area contributed by atoms with Gasteiger partial charge in [0.1, 0.15) is 18.2 Å². The van der Waals surface area contributed by atoms with Gasteiger partial charge in [-0.25, -0.2) is 4.98 Å². The zero-order valence-corrected chi connectivity index (χ0v) is 17.9. The predicted molar refractivity (Wildman–Crippen MR) is 119 cm³/mol. The van der Waals surface area contributed by atoms with Gasteiger partial charge in [0.25, 0.3) is 5.91 Å². The quantitative estimate of drug-likeness (QED) is 0.681. The normalized spacial score (nSPS) is 18.1. The van der Waals surface area contributed by atoms with Gasteiger partial charge in [-0.15, -0.1) is 0 Å². The summed E-state index contributed by atoms with van der Waals surface area (Å²) in [6.45, 7) is 9.50. The number of hydrogen-bond donors (Lipinski definition) is 1. The van der Waals surface area contributed by atoms with Gasteiger partial charge >= 0.3 is 0 Å². The number of pyridine rings is 1. The third-order valence-electron chi connectivity index (χ3n) is 5.81. The molecule has 1 aromatic heterocycles. The number of nitrogens with two attached hydrogens (primary N) is 1. The van der Waals surface area contributed by atoms with Crippen molar-refractivity contribution >= 4 is 11.7 Å². The van der Waals surface area contributed by atoms with Crippen LogP contribution in [0.15, 0.2) is 42.6 Å². The van der Waals surface area contributed by atoms with Gasteiger partial charge in [-0.3, -0.25) is 14.6 Å². The minimum absolute atomic E-state index is 0.434. The molecule has 8 nitrogen and oxygen atoms in total. The van der Waals surface area contributed by atoms with Crippen LogP contribution in [-0.2, 0) is 11.3 Å². The van der Waals surface area contributed by atoms with Gasteiger partial charge in [0, 0.05) is 58.6 Å². The molecule has 0 saturated carbocycles. The molecule has 0 radical (unpaired) electrons. The number of ether oxygens (including phenoxy) is 2. The number of piperazine rings is 1. The van der Waals surface area contributed by atoms with Crippen molar-refractivity contribution in [3.05, 3.63) is 53.7 Å². The van der Waals surface area contributed by atoms with Crippen molar-refractivity contribution in [1.29, 1.82) is 0 Å². The number of nitrogens with zero attached hydrogens (tertiary/aromatic N) is 4. The second-order valence-corrected chi connectivity index (χ2v) is 7.95. The zero-order chi connectivity index (χ0) is 21.5. The van der Waals surface area contributed by atoms with Gasteiger partial charge in [0.15, 0.2) is 0 Å². The van der Waals surface area contributed by atoms with Gasteiger partial charge in [-0.05, 0) is 29.8 Å². The molecule has 0 spiro atoms. The highest BCUT2D eigenvalue weighted by Crippen LogP contribution is 2.20. The maximum atomic E-state index is 11.7. The molecular formula is C23H31N5O3. The van der Waals surface area contributed by atoms with Crippen LogP contribution in [0.5, 0.6) is 5.75 Å². The van der Waals surface area contributed by atoms with Crippen molar-refractivity contribution in [2.75, 3.05) is 70.5 Å². The van der Waals surface area contributed by atoms with Gasteiger partial charge in [0.05, 0.1) is 18.8 Å². The van der Waals surface area contributed by atoms with Gasteiger partial charge < -0.3 is 20.1 Å². The Morgan fingerprint density at radius 3 is 2.61 bits per heavy atom. The SMILES string of the molecule is NC(=O)c1cccnc1N1CCN(Cc2cccc(OCCN3CCOCC3)c2)CC1. The van der Waals surface area contributed by atoms with Crippen molar-refractivity contribution in [3.63, 3.8) is 0 Å². The van der Waals surface area contributed by atoms with Crippen LogP contribution in [0.25, 0.3) is 0 Å². The predicted octanol–water partition coefficient (Wildman–Crippen LogP) is 1.21. The smallest absolute Gasteiger partial charge is 0.252 e. The second kappa shape index (κ2) is 10.6. The number of benzene rings is 1. The van der Waals surface area contributed by atoms with E-state index in [0.717, 1.165) is 71.3 Å². The zero-order valence-electron chi connectivity index (χ0n) is 17.9. The Morgan fingerprint density at radius 1 is 1.03 bits per heavy atom. The Labute approximate surface area is 183 Å². The Balaban J connectivity index is 1.26. The fourth-order valence-corrected chi connectivity index (χ4v) is 4.07. The average molecular weight is 426 g/mol. The van der Waals surface area contributed by atoms with E-state index >= 15 is 0 Å². The van der Waals surface area contributed by atoms with Crippen LogP contribution in [0.1, 0.15) is 15.9 Å². The van der Waals surface area contributed by atoms with Crippen LogP contribution in [0.3, 0.4) is 0 Å². The molecule has 3 heterocycles. The number of rotatable bonds is 8. The van der Waals surface area contributed by atoms with E-state index in [1.54, 1.807) is 18.3 Å². The van der Waals surface area contributed by atoms with Crippen molar-refractivity contribution in [1.82, 2.24) is 14.8 Å². The first kappa shape index (κ1) is 21.5. The van der Waals surface area contributed by atoms with Gasteiger partial charge in [-0.2, -0.15) is 0 Å². The van der Waals surface area contributed by atoms with Crippen molar-refractivity contribution in [2.45, 2.75) is 6.54 Å². The molecule has 166 valence electrons. The lowest BCUT2D eigenvalue weighted by atomic mass is 10.1. The van der Waals surface area contributed by atoms with Crippen molar-refractivity contribution in [3.8, 4) is 5.75 Å². The molecular weight excluding hydrogens is 394 g/mol. The van der Waals surface area contributed by atoms with E-state index < -0.39 is 5.91 Å². The van der Waals surface area contributed by atoms with E-state index in [4.69, 9.17) is 15.2 Å². The first-order valence-corrected chi connectivity index (χ1v) is 10.9. The number of primary amides is 1. The molecule has 2 aliphatic rings. The Morgan fingerprint density at radius 2 is 1.84 bits per heavy atom. The molecule has 2 saturated heterocycles. The minimum Gasteiger partial charge on any atom is -0.492 e. The summed E-state index contributed by atoms with van der Waals surface area (Å²) in [5.74, 6) is 1.17. The summed E-state index contributed by atoms with van der Waals surface area (Å²) in [6.07, 6.45) is 1.71. The third kappa shape index (κ3) is 5.94. The molecule has 2 aromatic rings. The van der Waals surface area contributed by atoms with E-state index in [-0.39, 0.29) is 0 Å². The van der Waals surface area contributed by atoms with Crippen LogP contribution in [0.2, 0.25) is 0 Å².